The van der Waals surface area contributed by atoms with Crippen LogP contribution in [0.5, 0.6) is 0 Å². The van der Waals surface area contributed by atoms with Crippen molar-refractivity contribution in [1.29, 1.82) is 0 Å². The maximum absolute atomic E-state index is 12.7. The number of hydrogen-bond donors (Lipinski definition) is 0. The van der Waals surface area contributed by atoms with E-state index in [1.807, 2.05) is 23.1 Å². The van der Waals surface area contributed by atoms with E-state index in [0.29, 0.717) is 37.8 Å². The first-order valence-corrected chi connectivity index (χ1v) is 8.63. The monoisotopic (exact) mass is 336 g/mol. The molecule has 1 aliphatic heterocycles. The maximum Gasteiger partial charge on any atom is 0.274 e. The largest absolute Gasteiger partial charge is 0.339 e. The van der Waals surface area contributed by atoms with Crippen LogP contribution in [0.1, 0.15) is 28.4 Å². The van der Waals surface area contributed by atoms with E-state index >= 15 is 0 Å². The Balaban J connectivity index is 1.32. The molecule has 2 amide bonds. The first-order chi connectivity index (χ1) is 12.2. The highest BCUT2D eigenvalue weighted by molar-refractivity contribution is 5.92. The number of carbonyl (C=O) groups excluding carboxylic acids is 2. The number of piperazine rings is 1. The Labute approximate surface area is 146 Å². The lowest BCUT2D eigenvalue weighted by atomic mass is 10.1. The van der Waals surface area contributed by atoms with Gasteiger partial charge in [-0.2, -0.15) is 0 Å². The Morgan fingerprint density at radius 2 is 1.68 bits per heavy atom. The average Bonchev–Trinajstić information content (AvgIpc) is 3.49. The molecule has 1 aromatic heterocycles. The van der Waals surface area contributed by atoms with Gasteiger partial charge in [-0.3, -0.25) is 14.6 Å². The molecule has 0 radical (unpaired) electrons. The summed E-state index contributed by atoms with van der Waals surface area (Å²) in [5.41, 5.74) is 1.60. The van der Waals surface area contributed by atoms with Gasteiger partial charge in [-0.1, -0.05) is 30.3 Å². The van der Waals surface area contributed by atoms with Gasteiger partial charge in [0.2, 0.25) is 5.91 Å². The number of benzene rings is 1. The summed E-state index contributed by atoms with van der Waals surface area (Å²) in [5, 5.41) is 0. The number of aromatic nitrogens is 2. The summed E-state index contributed by atoms with van der Waals surface area (Å²) in [6.07, 6.45) is 5.48. The van der Waals surface area contributed by atoms with Gasteiger partial charge in [-0.25, -0.2) is 4.98 Å². The first-order valence-electron chi connectivity index (χ1n) is 8.63. The van der Waals surface area contributed by atoms with E-state index in [1.165, 1.54) is 18.0 Å². The second-order valence-corrected chi connectivity index (χ2v) is 6.57. The predicted molar refractivity (Wildman–Crippen MR) is 91.8 cm³/mol. The Hall–Kier alpha value is -2.76. The fourth-order valence-corrected chi connectivity index (χ4v) is 3.47. The van der Waals surface area contributed by atoms with Crippen molar-refractivity contribution in [3.63, 3.8) is 0 Å². The van der Waals surface area contributed by atoms with Crippen LogP contribution in [0, 0.1) is 5.92 Å². The smallest absolute Gasteiger partial charge is 0.274 e. The molecular formula is C19H20N4O2. The molecule has 1 saturated heterocycles. The summed E-state index contributed by atoms with van der Waals surface area (Å²) in [7, 11) is 0. The van der Waals surface area contributed by atoms with Crippen LogP contribution in [0.3, 0.4) is 0 Å². The number of amides is 2. The minimum Gasteiger partial charge on any atom is -0.339 e. The van der Waals surface area contributed by atoms with Crippen LogP contribution in [-0.2, 0) is 4.79 Å². The van der Waals surface area contributed by atoms with E-state index < -0.39 is 0 Å². The molecule has 6 heteroatoms. The van der Waals surface area contributed by atoms with E-state index in [0.717, 1.165) is 6.42 Å². The maximum atomic E-state index is 12.7. The second kappa shape index (κ2) is 6.63. The van der Waals surface area contributed by atoms with Crippen molar-refractivity contribution in [2.45, 2.75) is 12.3 Å². The molecule has 0 bridgehead atoms. The van der Waals surface area contributed by atoms with Crippen LogP contribution in [-0.4, -0.2) is 57.8 Å². The SMILES string of the molecule is O=C(c1cnccn1)N1CCN(C(=O)C2CC2c2ccccc2)CC1. The summed E-state index contributed by atoms with van der Waals surface area (Å²) >= 11 is 0. The lowest BCUT2D eigenvalue weighted by Crippen LogP contribution is -2.51. The molecule has 6 nitrogen and oxygen atoms in total. The summed E-state index contributed by atoms with van der Waals surface area (Å²) in [6.45, 7) is 2.26. The summed E-state index contributed by atoms with van der Waals surface area (Å²) in [5.74, 6) is 0.562. The highest BCUT2D eigenvalue weighted by atomic mass is 16.2. The third kappa shape index (κ3) is 3.24. The zero-order chi connectivity index (χ0) is 17.2. The first kappa shape index (κ1) is 15.7. The molecule has 1 aliphatic carbocycles. The lowest BCUT2D eigenvalue weighted by Gasteiger charge is -2.34. The Morgan fingerprint density at radius 3 is 2.36 bits per heavy atom. The van der Waals surface area contributed by atoms with Crippen LogP contribution >= 0.6 is 0 Å². The zero-order valence-corrected chi connectivity index (χ0v) is 13.9. The van der Waals surface area contributed by atoms with Crippen molar-refractivity contribution in [2.24, 2.45) is 5.92 Å². The molecule has 2 aliphatic rings. The molecule has 128 valence electrons. The molecule has 0 spiro atoms. The lowest BCUT2D eigenvalue weighted by molar-refractivity contribution is -0.134. The van der Waals surface area contributed by atoms with E-state index in [9.17, 15) is 9.59 Å². The minimum absolute atomic E-state index is 0.102. The van der Waals surface area contributed by atoms with Crippen molar-refractivity contribution in [2.75, 3.05) is 26.2 Å². The molecule has 0 N–H and O–H groups in total. The molecule has 2 heterocycles. The fraction of sp³-hybridized carbons (Fsp3) is 0.368. The van der Waals surface area contributed by atoms with Crippen molar-refractivity contribution in [3.05, 3.63) is 60.2 Å². The van der Waals surface area contributed by atoms with Gasteiger partial charge in [0.25, 0.3) is 5.91 Å². The minimum atomic E-state index is -0.117. The quantitative estimate of drug-likeness (QED) is 0.853. The highest BCUT2D eigenvalue weighted by Gasteiger charge is 2.46. The van der Waals surface area contributed by atoms with Gasteiger partial charge >= 0.3 is 0 Å². The number of nitrogens with zero attached hydrogens (tertiary/aromatic N) is 4. The molecule has 25 heavy (non-hydrogen) atoms. The number of rotatable bonds is 3. The highest BCUT2D eigenvalue weighted by Crippen LogP contribution is 2.48. The zero-order valence-electron chi connectivity index (χ0n) is 13.9. The molecular weight excluding hydrogens is 316 g/mol. The van der Waals surface area contributed by atoms with Gasteiger partial charge in [0.15, 0.2) is 0 Å². The molecule has 4 rings (SSSR count). The van der Waals surface area contributed by atoms with Crippen molar-refractivity contribution in [3.8, 4) is 0 Å². The molecule has 2 aromatic rings. The standard InChI is InChI=1S/C19H20N4O2/c24-18(16-12-15(16)14-4-2-1-3-5-14)22-8-10-23(11-9-22)19(25)17-13-20-6-7-21-17/h1-7,13,15-16H,8-12H2. The molecule has 2 atom stereocenters. The summed E-state index contributed by atoms with van der Waals surface area (Å²) < 4.78 is 0. The van der Waals surface area contributed by atoms with Gasteiger partial charge < -0.3 is 9.80 Å². The third-order valence-corrected chi connectivity index (χ3v) is 5.00. The van der Waals surface area contributed by atoms with Crippen molar-refractivity contribution >= 4 is 11.8 Å². The predicted octanol–water partition coefficient (Wildman–Crippen LogP) is 1.56. The second-order valence-electron chi connectivity index (χ2n) is 6.57. The van der Waals surface area contributed by atoms with Crippen LogP contribution < -0.4 is 0 Å². The van der Waals surface area contributed by atoms with Crippen LogP contribution in [0.2, 0.25) is 0 Å². The number of carbonyl (C=O) groups is 2. The van der Waals surface area contributed by atoms with Gasteiger partial charge in [0, 0.05) is 44.5 Å². The Morgan fingerprint density at radius 1 is 0.960 bits per heavy atom. The average molecular weight is 336 g/mol. The van der Waals surface area contributed by atoms with Gasteiger partial charge in [-0.05, 0) is 17.9 Å². The molecule has 2 unspecified atom stereocenters. The van der Waals surface area contributed by atoms with Crippen LogP contribution in [0.25, 0.3) is 0 Å². The summed E-state index contributed by atoms with van der Waals surface area (Å²) in [6, 6.07) is 10.2. The van der Waals surface area contributed by atoms with Crippen molar-refractivity contribution < 1.29 is 9.59 Å². The Kier molecular flexibility index (Phi) is 4.17. The van der Waals surface area contributed by atoms with Gasteiger partial charge in [0.05, 0.1) is 6.20 Å². The van der Waals surface area contributed by atoms with Crippen LogP contribution in [0.15, 0.2) is 48.9 Å². The van der Waals surface area contributed by atoms with Gasteiger partial charge in [-0.15, -0.1) is 0 Å². The normalized spacial score (nSPS) is 22.6. The van der Waals surface area contributed by atoms with Crippen LogP contribution in [0.4, 0.5) is 0 Å². The number of hydrogen-bond acceptors (Lipinski definition) is 4. The topological polar surface area (TPSA) is 66.4 Å². The molecule has 1 saturated carbocycles. The van der Waals surface area contributed by atoms with E-state index in [2.05, 4.69) is 22.1 Å². The van der Waals surface area contributed by atoms with Gasteiger partial charge in [0.1, 0.15) is 5.69 Å². The molecule has 1 aromatic carbocycles. The van der Waals surface area contributed by atoms with Crippen molar-refractivity contribution in [1.82, 2.24) is 19.8 Å². The third-order valence-electron chi connectivity index (χ3n) is 5.00. The summed E-state index contributed by atoms with van der Waals surface area (Å²) in [4.78, 5) is 36.7. The van der Waals surface area contributed by atoms with E-state index in [1.54, 1.807) is 11.1 Å². The Bertz CT molecular complexity index is 758. The van der Waals surface area contributed by atoms with E-state index in [4.69, 9.17) is 0 Å². The van der Waals surface area contributed by atoms with E-state index in [-0.39, 0.29) is 17.7 Å². The molecule has 2 fully saturated rings. The fourth-order valence-electron chi connectivity index (χ4n) is 3.47.